The third-order valence-electron chi connectivity index (χ3n) is 4.54. The van der Waals surface area contributed by atoms with Crippen LogP contribution >= 0.6 is 0 Å². The second kappa shape index (κ2) is 9.18. The minimum absolute atomic E-state index is 0.196. The van der Waals surface area contributed by atoms with Crippen LogP contribution in [0.2, 0.25) is 0 Å². The van der Waals surface area contributed by atoms with Gasteiger partial charge < -0.3 is 14.7 Å². The zero-order chi connectivity index (χ0) is 20.9. The summed E-state index contributed by atoms with van der Waals surface area (Å²) in [7, 11) is -1.53. The molecule has 28 heavy (non-hydrogen) atoms. The molecule has 1 aromatic heterocycles. The second-order valence-corrected chi connectivity index (χ2v) is 9.18. The minimum atomic E-state index is -3.23. The van der Waals surface area contributed by atoms with Gasteiger partial charge in [-0.25, -0.2) is 13.2 Å². The van der Waals surface area contributed by atoms with Crippen LogP contribution in [0, 0.1) is 0 Å². The summed E-state index contributed by atoms with van der Waals surface area (Å²) in [5.74, 6) is 1.49. The molecule has 1 heterocycles. The van der Waals surface area contributed by atoms with E-state index in [9.17, 15) is 13.2 Å². The van der Waals surface area contributed by atoms with Gasteiger partial charge in [-0.2, -0.15) is 4.98 Å². The minimum Gasteiger partial charge on any atom is -0.339 e. The molecular formula is C19H28N4O4S. The number of nitrogens with zero attached hydrogens (tertiary/aromatic N) is 3. The summed E-state index contributed by atoms with van der Waals surface area (Å²) in [5.41, 5.74) is 0.858. The Labute approximate surface area is 166 Å². The number of carbonyl (C=O) groups is 1. The summed E-state index contributed by atoms with van der Waals surface area (Å²) >= 11 is 0. The molecule has 0 aliphatic rings. The maximum absolute atomic E-state index is 12.4. The molecule has 1 unspecified atom stereocenters. The molecule has 1 N–H and O–H groups in total. The molecule has 0 saturated heterocycles. The van der Waals surface area contributed by atoms with Crippen LogP contribution < -0.4 is 5.32 Å². The molecular weight excluding hydrogens is 380 g/mol. The summed E-state index contributed by atoms with van der Waals surface area (Å²) in [4.78, 5) is 18.5. The standard InChI is InChI=1S/C19H28N4O4S/c1-13(2)18-21-17(27-22-18)7-6-12-20-19(24)23(4)14(3)15-8-10-16(11-9-15)28(5,25)26/h8-11,13-14H,6-7,12H2,1-5H3,(H,20,24). The fourth-order valence-electron chi connectivity index (χ4n) is 2.56. The highest BCUT2D eigenvalue weighted by molar-refractivity contribution is 7.90. The summed E-state index contributed by atoms with van der Waals surface area (Å²) in [6.45, 7) is 6.38. The van der Waals surface area contributed by atoms with Crippen LogP contribution in [0.1, 0.15) is 56.4 Å². The molecule has 0 fully saturated rings. The molecule has 9 heteroatoms. The maximum atomic E-state index is 12.4. The molecule has 2 amide bonds. The Balaban J connectivity index is 1.82. The lowest BCUT2D eigenvalue weighted by Crippen LogP contribution is -2.39. The second-order valence-electron chi connectivity index (χ2n) is 7.16. The fraction of sp³-hybridized carbons (Fsp3) is 0.526. The van der Waals surface area contributed by atoms with Crippen LogP contribution in [0.4, 0.5) is 4.79 Å². The van der Waals surface area contributed by atoms with Crippen LogP contribution in [-0.2, 0) is 16.3 Å². The number of aromatic nitrogens is 2. The summed E-state index contributed by atoms with van der Waals surface area (Å²) in [6.07, 6.45) is 2.46. The lowest BCUT2D eigenvalue weighted by atomic mass is 10.1. The van der Waals surface area contributed by atoms with Crippen LogP contribution in [0.25, 0.3) is 0 Å². The van der Waals surface area contributed by atoms with E-state index in [1.165, 1.54) is 6.26 Å². The molecule has 1 aromatic carbocycles. The quantitative estimate of drug-likeness (QED) is 0.673. The predicted molar refractivity (Wildman–Crippen MR) is 106 cm³/mol. The summed E-state index contributed by atoms with van der Waals surface area (Å²) < 4.78 is 28.3. The van der Waals surface area contributed by atoms with E-state index in [0.717, 1.165) is 5.56 Å². The van der Waals surface area contributed by atoms with Crippen molar-refractivity contribution in [1.82, 2.24) is 20.4 Å². The lowest BCUT2D eigenvalue weighted by molar-refractivity contribution is 0.194. The summed E-state index contributed by atoms with van der Waals surface area (Å²) in [5, 5.41) is 6.79. The molecule has 0 radical (unpaired) electrons. The van der Waals surface area contributed by atoms with Crippen molar-refractivity contribution in [1.29, 1.82) is 0 Å². The Hall–Kier alpha value is -2.42. The predicted octanol–water partition coefficient (Wildman–Crippen LogP) is 2.93. The van der Waals surface area contributed by atoms with Crippen LogP contribution in [0.3, 0.4) is 0 Å². The van der Waals surface area contributed by atoms with Crippen LogP contribution in [-0.4, -0.2) is 49.3 Å². The van der Waals surface area contributed by atoms with Crippen LogP contribution in [0.5, 0.6) is 0 Å². The number of rotatable bonds is 8. The normalized spacial score (nSPS) is 12.8. The van der Waals surface area contributed by atoms with Gasteiger partial charge in [0.25, 0.3) is 0 Å². The molecule has 154 valence electrons. The van der Waals surface area contributed by atoms with Crippen molar-refractivity contribution in [2.45, 2.75) is 50.5 Å². The van der Waals surface area contributed by atoms with Crippen molar-refractivity contribution in [3.8, 4) is 0 Å². The Kier molecular flexibility index (Phi) is 7.17. The Morgan fingerprint density at radius 2 is 1.86 bits per heavy atom. The van der Waals surface area contributed by atoms with Crippen molar-refractivity contribution in [2.24, 2.45) is 0 Å². The van der Waals surface area contributed by atoms with E-state index in [4.69, 9.17) is 4.52 Å². The van der Waals surface area contributed by atoms with Gasteiger partial charge in [-0.3, -0.25) is 0 Å². The van der Waals surface area contributed by atoms with E-state index >= 15 is 0 Å². The SMILES string of the molecule is CC(C)c1noc(CCCNC(=O)N(C)C(C)c2ccc(S(C)(=O)=O)cc2)n1. The van der Waals surface area contributed by atoms with Crippen molar-refractivity contribution < 1.29 is 17.7 Å². The smallest absolute Gasteiger partial charge is 0.317 e. The molecule has 2 rings (SSSR count). The largest absolute Gasteiger partial charge is 0.339 e. The lowest BCUT2D eigenvalue weighted by Gasteiger charge is -2.25. The van der Waals surface area contributed by atoms with Crippen molar-refractivity contribution in [3.63, 3.8) is 0 Å². The topological polar surface area (TPSA) is 105 Å². The van der Waals surface area contributed by atoms with E-state index in [1.54, 1.807) is 36.2 Å². The van der Waals surface area contributed by atoms with Gasteiger partial charge >= 0.3 is 6.03 Å². The number of sulfone groups is 1. The number of nitrogens with one attached hydrogen (secondary N) is 1. The van der Waals surface area contributed by atoms with Gasteiger partial charge in [-0.1, -0.05) is 31.1 Å². The highest BCUT2D eigenvalue weighted by Gasteiger charge is 2.18. The van der Waals surface area contributed by atoms with Gasteiger partial charge in [0.2, 0.25) is 5.89 Å². The summed E-state index contributed by atoms with van der Waals surface area (Å²) in [6, 6.07) is 6.18. The molecule has 1 atom stereocenters. The van der Waals surface area contributed by atoms with Crippen molar-refractivity contribution in [3.05, 3.63) is 41.5 Å². The van der Waals surface area contributed by atoms with E-state index in [1.807, 2.05) is 20.8 Å². The average Bonchev–Trinajstić information content (AvgIpc) is 3.12. The number of carbonyl (C=O) groups excluding carboxylic acids is 1. The van der Waals surface area contributed by atoms with E-state index in [-0.39, 0.29) is 22.9 Å². The van der Waals surface area contributed by atoms with Crippen molar-refractivity contribution >= 4 is 15.9 Å². The molecule has 0 bridgehead atoms. The number of aryl methyl sites for hydroxylation is 1. The van der Waals surface area contributed by atoms with E-state index in [0.29, 0.717) is 31.1 Å². The Bertz CT molecular complexity index is 891. The average molecular weight is 409 g/mol. The number of benzene rings is 1. The molecule has 0 spiro atoms. The first kappa shape index (κ1) is 21.9. The number of urea groups is 1. The highest BCUT2D eigenvalue weighted by atomic mass is 32.2. The molecule has 8 nitrogen and oxygen atoms in total. The molecule has 2 aromatic rings. The zero-order valence-corrected chi connectivity index (χ0v) is 17.8. The highest BCUT2D eigenvalue weighted by Crippen LogP contribution is 2.20. The van der Waals surface area contributed by atoms with Gasteiger partial charge in [-0.05, 0) is 31.0 Å². The van der Waals surface area contributed by atoms with Gasteiger partial charge in [0, 0.05) is 32.2 Å². The van der Waals surface area contributed by atoms with Crippen molar-refractivity contribution in [2.75, 3.05) is 19.8 Å². The third-order valence-corrected chi connectivity index (χ3v) is 5.66. The first-order chi connectivity index (χ1) is 13.1. The number of hydrogen-bond donors (Lipinski definition) is 1. The molecule has 0 saturated carbocycles. The first-order valence-electron chi connectivity index (χ1n) is 9.22. The molecule has 0 aliphatic carbocycles. The van der Waals surface area contributed by atoms with E-state index < -0.39 is 9.84 Å². The Morgan fingerprint density at radius 3 is 2.39 bits per heavy atom. The van der Waals surface area contributed by atoms with Gasteiger partial charge in [0.15, 0.2) is 15.7 Å². The monoisotopic (exact) mass is 408 g/mol. The van der Waals surface area contributed by atoms with E-state index in [2.05, 4.69) is 15.5 Å². The zero-order valence-electron chi connectivity index (χ0n) is 17.0. The first-order valence-corrected chi connectivity index (χ1v) is 11.1. The maximum Gasteiger partial charge on any atom is 0.317 e. The fourth-order valence-corrected chi connectivity index (χ4v) is 3.19. The van der Waals surface area contributed by atoms with Gasteiger partial charge in [0.1, 0.15) is 0 Å². The third kappa shape index (κ3) is 5.79. The Morgan fingerprint density at radius 1 is 1.21 bits per heavy atom. The van der Waals surface area contributed by atoms with Gasteiger partial charge in [-0.15, -0.1) is 0 Å². The van der Waals surface area contributed by atoms with Gasteiger partial charge in [0.05, 0.1) is 10.9 Å². The molecule has 0 aliphatic heterocycles. The number of amides is 2. The number of hydrogen-bond acceptors (Lipinski definition) is 6. The van der Waals surface area contributed by atoms with Crippen LogP contribution in [0.15, 0.2) is 33.7 Å².